The van der Waals surface area contributed by atoms with E-state index in [0.717, 1.165) is 25.4 Å². The number of ether oxygens (including phenoxy) is 1. The van der Waals surface area contributed by atoms with Gasteiger partial charge in [-0.05, 0) is 63.1 Å². The molecule has 1 N–H and O–H groups in total. The Balaban J connectivity index is 1.57. The largest absolute Gasteiger partial charge is 0.494 e. The van der Waals surface area contributed by atoms with Crippen molar-refractivity contribution < 1.29 is 9.84 Å². The van der Waals surface area contributed by atoms with Gasteiger partial charge in [-0.25, -0.2) is 4.31 Å². The SMILES string of the molecule is COc1c(SN2CCC(N3CCCC(CO)C3)CC2)sc(/C=C\CCl)c1C. The van der Waals surface area contributed by atoms with Gasteiger partial charge in [0.1, 0.15) is 9.96 Å². The Labute approximate surface area is 176 Å². The van der Waals surface area contributed by atoms with Gasteiger partial charge < -0.3 is 9.84 Å². The molecule has 3 heterocycles. The normalized spacial score (nSPS) is 23.3. The summed E-state index contributed by atoms with van der Waals surface area (Å²) >= 11 is 9.42. The van der Waals surface area contributed by atoms with Gasteiger partial charge in [-0.15, -0.1) is 22.9 Å². The molecule has 0 aliphatic carbocycles. The molecular weight excluding hydrogens is 400 g/mol. The second kappa shape index (κ2) is 10.5. The average molecular weight is 431 g/mol. The smallest absolute Gasteiger partial charge is 0.148 e. The van der Waals surface area contributed by atoms with Crippen molar-refractivity contribution >= 4 is 41.0 Å². The quantitative estimate of drug-likeness (QED) is 0.509. The Morgan fingerprint density at radius 1 is 1.30 bits per heavy atom. The molecule has 0 bridgehead atoms. The number of rotatable bonds is 7. The van der Waals surface area contributed by atoms with E-state index >= 15 is 0 Å². The Hall–Kier alpha value is -0.240. The van der Waals surface area contributed by atoms with E-state index in [1.165, 1.54) is 46.9 Å². The summed E-state index contributed by atoms with van der Waals surface area (Å²) in [5.74, 6) is 2.01. The Morgan fingerprint density at radius 2 is 2.07 bits per heavy atom. The zero-order valence-electron chi connectivity index (χ0n) is 16.3. The first-order valence-electron chi connectivity index (χ1n) is 9.84. The first kappa shape index (κ1) is 21.5. The van der Waals surface area contributed by atoms with Crippen molar-refractivity contribution in [2.75, 3.05) is 45.8 Å². The van der Waals surface area contributed by atoms with E-state index in [2.05, 4.69) is 22.2 Å². The molecule has 0 spiro atoms. The second-order valence-corrected chi connectivity index (χ2v) is 10.1. The van der Waals surface area contributed by atoms with Crippen LogP contribution in [0.15, 0.2) is 10.3 Å². The maximum absolute atomic E-state index is 9.48. The first-order valence-corrected chi connectivity index (χ1v) is 12.0. The van der Waals surface area contributed by atoms with Crippen molar-refractivity contribution in [3.05, 3.63) is 16.5 Å². The predicted molar refractivity (Wildman–Crippen MR) is 117 cm³/mol. The first-order chi connectivity index (χ1) is 13.2. The van der Waals surface area contributed by atoms with Gasteiger partial charge in [0.2, 0.25) is 0 Å². The molecule has 7 heteroatoms. The van der Waals surface area contributed by atoms with Gasteiger partial charge in [0.05, 0.1) is 7.11 Å². The predicted octanol–water partition coefficient (Wildman–Crippen LogP) is 4.49. The number of allylic oxidation sites excluding steroid dienone is 1. The van der Waals surface area contributed by atoms with E-state index in [9.17, 15) is 5.11 Å². The molecule has 27 heavy (non-hydrogen) atoms. The molecule has 152 valence electrons. The highest BCUT2D eigenvalue weighted by atomic mass is 35.5. The molecule has 0 aromatic carbocycles. The average Bonchev–Trinajstić information content (AvgIpc) is 3.01. The van der Waals surface area contributed by atoms with E-state index in [-0.39, 0.29) is 0 Å². The van der Waals surface area contributed by atoms with Gasteiger partial charge in [-0.2, -0.15) is 0 Å². The monoisotopic (exact) mass is 430 g/mol. The topological polar surface area (TPSA) is 35.9 Å². The van der Waals surface area contributed by atoms with E-state index in [1.54, 1.807) is 18.4 Å². The molecule has 2 aliphatic rings. The Bertz CT molecular complexity index is 630. The third kappa shape index (κ3) is 5.43. The number of methoxy groups -OCH3 is 1. The summed E-state index contributed by atoms with van der Waals surface area (Å²) in [6.45, 7) is 6.92. The molecule has 1 atom stereocenters. The summed E-state index contributed by atoms with van der Waals surface area (Å²) in [5.41, 5.74) is 1.20. The summed E-state index contributed by atoms with van der Waals surface area (Å²) in [6.07, 6.45) is 8.90. The lowest BCUT2D eigenvalue weighted by molar-refractivity contribution is 0.0677. The van der Waals surface area contributed by atoms with E-state index in [4.69, 9.17) is 16.3 Å². The minimum atomic E-state index is 0.337. The molecule has 1 unspecified atom stereocenters. The van der Waals surface area contributed by atoms with Gasteiger partial charge in [0, 0.05) is 48.6 Å². The third-order valence-corrected chi connectivity index (χ3v) is 8.28. The third-order valence-electron chi connectivity index (χ3n) is 5.62. The maximum atomic E-state index is 9.48. The van der Waals surface area contributed by atoms with Crippen LogP contribution in [0.2, 0.25) is 0 Å². The van der Waals surface area contributed by atoms with Crippen molar-refractivity contribution in [2.45, 2.75) is 42.9 Å². The fourth-order valence-corrected chi connectivity index (χ4v) is 6.80. The minimum absolute atomic E-state index is 0.337. The molecule has 0 saturated carbocycles. The molecule has 0 radical (unpaired) electrons. The number of likely N-dealkylation sites (tertiary alicyclic amines) is 1. The highest BCUT2D eigenvalue weighted by molar-refractivity contribution is 7.99. The van der Waals surface area contributed by atoms with Crippen LogP contribution in [0, 0.1) is 12.8 Å². The molecule has 0 amide bonds. The Morgan fingerprint density at radius 3 is 2.74 bits per heavy atom. The van der Waals surface area contributed by atoms with Crippen LogP contribution in [-0.2, 0) is 0 Å². The summed E-state index contributed by atoms with van der Waals surface area (Å²) in [7, 11) is 1.76. The lowest BCUT2D eigenvalue weighted by Gasteiger charge is -2.41. The van der Waals surface area contributed by atoms with Crippen LogP contribution in [0.1, 0.15) is 36.1 Å². The molecule has 2 aliphatic heterocycles. The number of aliphatic hydroxyl groups is 1. The Kier molecular flexibility index (Phi) is 8.36. The zero-order valence-corrected chi connectivity index (χ0v) is 18.7. The number of hydrogen-bond acceptors (Lipinski definition) is 6. The fraction of sp³-hybridized carbons (Fsp3) is 0.700. The van der Waals surface area contributed by atoms with E-state index < -0.39 is 0 Å². The number of aliphatic hydroxyl groups excluding tert-OH is 1. The van der Waals surface area contributed by atoms with Crippen LogP contribution >= 0.6 is 34.9 Å². The summed E-state index contributed by atoms with van der Waals surface area (Å²) in [6, 6.07) is 0.672. The molecular formula is C20H31ClN2O2S2. The van der Waals surface area contributed by atoms with Crippen molar-refractivity contribution in [3.8, 4) is 5.75 Å². The summed E-state index contributed by atoms with van der Waals surface area (Å²) in [5, 5.41) is 9.48. The van der Waals surface area contributed by atoms with Crippen LogP contribution < -0.4 is 4.74 Å². The molecule has 3 rings (SSSR count). The lowest BCUT2D eigenvalue weighted by Crippen LogP contribution is -2.47. The van der Waals surface area contributed by atoms with Crippen molar-refractivity contribution in [3.63, 3.8) is 0 Å². The molecule has 2 fully saturated rings. The van der Waals surface area contributed by atoms with Gasteiger partial charge in [0.25, 0.3) is 0 Å². The molecule has 1 aromatic heterocycles. The van der Waals surface area contributed by atoms with Crippen molar-refractivity contribution in [2.24, 2.45) is 5.92 Å². The summed E-state index contributed by atoms with van der Waals surface area (Å²) in [4.78, 5) is 3.85. The van der Waals surface area contributed by atoms with Crippen LogP contribution in [0.5, 0.6) is 5.75 Å². The highest BCUT2D eigenvalue weighted by Gasteiger charge is 2.29. The standard InChI is InChI=1S/C20H31ClN2O2S2/c1-15-18(6-3-9-21)26-20(19(15)25-2)27-23-11-7-17(8-12-23)22-10-4-5-16(13-22)14-24/h3,6,16-17,24H,4-5,7-14H2,1-2H3/b6-3-. The lowest BCUT2D eigenvalue weighted by atomic mass is 9.95. The number of thiophene rings is 1. The molecule has 1 aromatic rings. The van der Waals surface area contributed by atoms with Crippen molar-refractivity contribution in [1.29, 1.82) is 0 Å². The number of hydrogen-bond donors (Lipinski definition) is 1. The second-order valence-electron chi connectivity index (χ2n) is 7.41. The van der Waals surface area contributed by atoms with Crippen molar-refractivity contribution in [1.82, 2.24) is 9.21 Å². The fourth-order valence-electron chi connectivity index (χ4n) is 4.09. The van der Waals surface area contributed by atoms with Crippen LogP contribution in [0.3, 0.4) is 0 Å². The number of piperidine rings is 2. The number of alkyl halides is 1. The van der Waals surface area contributed by atoms with Crippen LogP contribution in [0.25, 0.3) is 6.08 Å². The molecule has 4 nitrogen and oxygen atoms in total. The molecule has 2 saturated heterocycles. The number of nitrogens with zero attached hydrogens (tertiary/aromatic N) is 2. The van der Waals surface area contributed by atoms with Gasteiger partial charge in [0.15, 0.2) is 0 Å². The van der Waals surface area contributed by atoms with Gasteiger partial charge >= 0.3 is 0 Å². The van der Waals surface area contributed by atoms with E-state index in [1.807, 2.05) is 18.0 Å². The zero-order chi connectivity index (χ0) is 19.2. The van der Waals surface area contributed by atoms with E-state index in [0.29, 0.717) is 24.4 Å². The number of halogens is 1. The highest BCUT2D eigenvalue weighted by Crippen LogP contribution is 2.44. The van der Waals surface area contributed by atoms with Crippen LogP contribution in [-0.4, -0.2) is 66.1 Å². The maximum Gasteiger partial charge on any atom is 0.148 e. The minimum Gasteiger partial charge on any atom is -0.494 e. The summed E-state index contributed by atoms with van der Waals surface area (Å²) < 4.78 is 9.40. The van der Waals surface area contributed by atoms with Gasteiger partial charge in [-0.1, -0.05) is 6.08 Å². The van der Waals surface area contributed by atoms with Crippen LogP contribution in [0.4, 0.5) is 0 Å². The van der Waals surface area contributed by atoms with Gasteiger partial charge in [-0.3, -0.25) is 4.90 Å².